The molecule has 0 unspecified atom stereocenters. The van der Waals surface area contributed by atoms with Crippen molar-refractivity contribution in [1.29, 1.82) is 0 Å². The fraction of sp³-hybridized carbons (Fsp3) is 0.481. The predicted molar refractivity (Wildman–Crippen MR) is 132 cm³/mol. The number of likely N-dealkylation sites (tertiary alicyclic amines) is 1. The van der Waals surface area contributed by atoms with E-state index in [0.717, 1.165) is 38.0 Å². The van der Waals surface area contributed by atoms with Gasteiger partial charge in [0.25, 0.3) is 11.8 Å². The molecule has 33 heavy (non-hydrogen) atoms. The van der Waals surface area contributed by atoms with Crippen LogP contribution in [0, 0.1) is 0 Å². The number of hydrogen-bond donors (Lipinski definition) is 0. The van der Waals surface area contributed by atoms with Crippen molar-refractivity contribution in [2.45, 2.75) is 56.9 Å². The van der Waals surface area contributed by atoms with Crippen molar-refractivity contribution in [3.05, 3.63) is 64.7 Å². The largest absolute Gasteiger partial charge is 0.496 e. The van der Waals surface area contributed by atoms with E-state index in [1.54, 1.807) is 19.2 Å². The number of benzene rings is 2. The minimum atomic E-state index is -0.136. The molecule has 0 saturated carbocycles. The first-order valence-electron chi connectivity index (χ1n) is 12.0. The zero-order valence-electron chi connectivity index (χ0n) is 19.3. The van der Waals surface area contributed by atoms with Gasteiger partial charge in [0.05, 0.1) is 18.2 Å². The Hall–Kier alpha value is -2.37. The van der Waals surface area contributed by atoms with Gasteiger partial charge in [-0.05, 0) is 74.5 Å². The van der Waals surface area contributed by atoms with Crippen molar-refractivity contribution < 1.29 is 14.3 Å². The molecule has 2 aliphatic heterocycles. The molecule has 0 radical (unpaired) electrons. The summed E-state index contributed by atoms with van der Waals surface area (Å²) in [5, 5.41) is 0. The molecule has 5 rings (SSSR count). The van der Waals surface area contributed by atoms with Crippen LogP contribution in [-0.4, -0.2) is 54.4 Å². The van der Waals surface area contributed by atoms with E-state index in [2.05, 4.69) is 23.1 Å². The number of halogens is 1. The number of carbonyl (C=O) groups is 2. The lowest BCUT2D eigenvalue weighted by atomic mass is 9.79. The first kappa shape index (κ1) is 23.8. The minimum absolute atomic E-state index is 0. The fourth-order valence-corrected chi connectivity index (χ4v) is 6.00. The van der Waals surface area contributed by atoms with E-state index in [0.29, 0.717) is 29.6 Å². The van der Waals surface area contributed by atoms with Crippen molar-refractivity contribution in [3.63, 3.8) is 0 Å². The summed E-state index contributed by atoms with van der Waals surface area (Å²) in [6.45, 7) is 2.86. The number of unbranched alkanes of at least 4 members (excludes halogenated alkanes) is 3. The van der Waals surface area contributed by atoms with Crippen molar-refractivity contribution in [1.82, 2.24) is 9.80 Å². The number of fused-ring (bicyclic) bond motifs is 4. The molecule has 3 aliphatic rings. The van der Waals surface area contributed by atoms with Crippen LogP contribution in [0.2, 0.25) is 0 Å². The Bertz CT molecular complexity index is 989. The van der Waals surface area contributed by atoms with E-state index >= 15 is 0 Å². The quantitative estimate of drug-likeness (QED) is 0.400. The molecular formula is C27H33ClN2O3. The van der Waals surface area contributed by atoms with Gasteiger partial charge in [-0.1, -0.05) is 37.1 Å². The number of hydrogen-bond acceptors (Lipinski definition) is 4. The number of nitrogens with zero attached hydrogens (tertiary/aromatic N) is 2. The molecule has 0 spiro atoms. The van der Waals surface area contributed by atoms with Gasteiger partial charge in [0.1, 0.15) is 5.75 Å². The summed E-state index contributed by atoms with van der Waals surface area (Å²) in [4.78, 5) is 29.0. The zero-order valence-corrected chi connectivity index (χ0v) is 20.1. The Labute approximate surface area is 202 Å². The Morgan fingerprint density at radius 2 is 1.58 bits per heavy atom. The second-order valence-electron chi connectivity index (χ2n) is 9.29. The maximum atomic E-state index is 12.5. The van der Waals surface area contributed by atoms with Crippen LogP contribution in [0.15, 0.2) is 42.5 Å². The van der Waals surface area contributed by atoms with E-state index in [9.17, 15) is 9.59 Å². The van der Waals surface area contributed by atoms with Crippen molar-refractivity contribution in [3.8, 4) is 5.75 Å². The second-order valence-corrected chi connectivity index (χ2v) is 9.29. The van der Waals surface area contributed by atoms with E-state index in [-0.39, 0.29) is 24.2 Å². The summed E-state index contributed by atoms with van der Waals surface area (Å²) in [7, 11) is 1.77. The molecular weight excluding hydrogens is 436 g/mol. The third-order valence-electron chi connectivity index (χ3n) is 7.59. The molecule has 2 amide bonds. The van der Waals surface area contributed by atoms with E-state index in [1.807, 2.05) is 12.1 Å². The van der Waals surface area contributed by atoms with Gasteiger partial charge in [0, 0.05) is 18.5 Å². The van der Waals surface area contributed by atoms with Crippen LogP contribution >= 0.6 is 12.4 Å². The maximum absolute atomic E-state index is 12.5. The van der Waals surface area contributed by atoms with Gasteiger partial charge in [-0.15, -0.1) is 12.4 Å². The first-order valence-corrected chi connectivity index (χ1v) is 12.0. The van der Waals surface area contributed by atoms with Gasteiger partial charge in [0.15, 0.2) is 0 Å². The Morgan fingerprint density at radius 1 is 0.879 bits per heavy atom. The van der Waals surface area contributed by atoms with Gasteiger partial charge in [-0.25, -0.2) is 0 Å². The summed E-state index contributed by atoms with van der Waals surface area (Å²) in [6, 6.07) is 14.3. The van der Waals surface area contributed by atoms with E-state index in [4.69, 9.17) is 4.74 Å². The molecule has 2 aromatic rings. The SMILES string of the molecule is COc1cccc2c1CC[C@H]1[C@@H]2CCN1CCCCCCN1C(=O)c2ccccc2C1=O.Cl. The summed E-state index contributed by atoms with van der Waals surface area (Å²) >= 11 is 0. The lowest BCUT2D eigenvalue weighted by Crippen LogP contribution is -2.35. The van der Waals surface area contributed by atoms with Crippen molar-refractivity contribution in [2.75, 3.05) is 26.7 Å². The molecule has 0 bridgehead atoms. The van der Waals surface area contributed by atoms with Crippen LogP contribution in [0.1, 0.15) is 76.3 Å². The maximum Gasteiger partial charge on any atom is 0.261 e. The van der Waals surface area contributed by atoms with Crippen LogP contribution in [-0.2, 0) is 6.42 Å². The molecule has 1 saturated heterocycles. The highest BCUT2D eigenvalue weighted by molar-refractivity contribution is 6.21. The molecule has 2 heterocycles. The van der Waals surface area contributed by atoms with Gasteiger partial charge in [-0.2, -0.15) is 0 Å². The smallest absolute Gasteiger partial charge is 0.261 e. The summed E-state index contributed by atoms with van der Waals surface area (Å²) in [6.07, 6.45) is 7.82. The topological polar surface area (TPSA) is 49.9 Å². The number of ether oxygens (including phenoxy) is 1. The standard InChI is InChI=1S/C27H32N2O3.ClH/c1-32-25-12-8-11-19-20-15-18-28(24(20)14-13-21(19)25)16-6-2-3-7-17-29-26(30)22-9-4-5-10-23(22)27(29)31;/h4-5,8-12,20,24H,2-3,6-7,13-18H2,1H3;1H/t20-,24+;/m1./s1. The van der Waals surface area contributed by atoms with Crippen molar-refractivity contribution in [2.24, 2.45) is 0 Å². The van der Waals surface area contributed by atoms with Gasteiger partial charge in [0.2, 0.25) is 0 Å². The first-order chi connectivity index (χ1) is 15.7. The lowest BCUT2D eigenvalue weighted by Gasteiger charge is -2.34. The average molecular weight is 469 g/mol. The number of methoxy groups -OCH3 is 1. The van der Waals surface area contributed by atoms with Gasteiger partial charge < -0.3 is 4.74 Å². The zero-order chi connectivity index (χ0) is 22.1. The molecule has 6 heteroatoms. The Morgan fingerprint density at radius 3 is 2.27 bits per heavy atom. The molecule has 1 aliphatic carbocycles. The van der Waals surface area contributed by atoms with E-state index < -0.39 is 0 Å². The number of carbonyl (C=O) groups excluding carboxylic acids is 2. The summed E-state index contributed by atoms with van der Waals surface area (Å²) in [5.41, 5.74) is 4.02. The lowest BCUT2D eigenvalue weighted by molar-refractivity contribution is 0.0651. The fourth-order valence-electron chi connectivity index (χ4n) is 6.00. The molecule has 0 aromatic heterocycles. The normalized spacial score (nSPS) is 21.4. The third kappa shape index (κ3) is 4.41. The molecule has 5 nitrogen and oxygen atoms in total. The van der Waals surface area contributed by atoms with Crippen LogP contribution < -0.4 is 4.74 Å². The average Bonchev–Trinajstić information content (AvgIpc) is 3.35. The highest BCUT2D eigenvalue weighted by atomic mass is 35.5. The number of rotatable bonds is 8. The molecule has 2 aromatic carbocycles. The van der Waals surface area contributed by atoms with Crippen LogP contribution in [0.5, 0.6) is 5.75 Å². The summed E-state index contributed by atoms with van der Waals surface area (Å²) in [5.74, 6) is 1.42. The van der Waals surface area contributed by atoms with Gasteiger partial charge in [-0.3, -0.25) is 19.4 Å². The highest BCUT2D eigenvalue weighted by Gasteiger charge is 2.39. The second kappa shape index (κ2) is 10.3. The van der Waals surface area contributed by atoms with Gasteiger partial charge >= 0.3 is 0 Å². The van der Waals surface area contributed by atoms with Crippen LogP contribution in [0.3, 0.4) is 0 Å². The number of imide groups is 1. The predicted octanol–water partition coefficient (Wildman–Crippen LogP) is 5.08. The molecule has 176 valence electrons. The highest BCUT2D eigenvalue weighted by Crippen LogP contribution is 2.44. The molecule has 0 N–H and O–H groups in total. The minimum Gasteiger partial charge on any atom is -0.496 e. The van der Waals surface area contributed by atoms with Crippen molar-refractivity contribution >= 4 is 24.2 Å². The third-order valence-corrected chi connectivity index (χ3v) is 7.59. The molecule has 1 fully saturated rings. The Kier molecular flexibility index (Phi) is 7.40. The van der Waals surface area contributed by atoms with Crippen LogP contribution in [0.25, 0.3) is 0 Å². The Balaban J connectivity index is 0.00000259. The van der Waals surface area contributed by atoms with Crippen LogP contribution in [0.4, 0.5) is 0 Å². The monoisotopic (exact) mass is 468 g/mol. The molecule has 2 atom stereocenters. The summed E-state index contributed by atoms with van der Waals surface area (Å²) < 4.78 is 5.60. The van der Waals surface area contributed by atoms with E-state index in [1.165, 1.54) is 41.8 Å². The number of amides is 2.